The van der Waals surface area contributed by atoms with Crippen LogP contribution in [0.3, 0.4) is 0 Å². The maximum atomic E-state index is 12.7. The Balaban J connectivity index is 1.45. The molecule has 1 unspecified atom stereocenters. The van der Waals surface area contributed by atoms with Crippen LogP contribution in [-0.2, 0) is 19.4 Å². The first kappa shape index (κ1) is 18.9. The highest BCUT2D eigenvalue weighted by Gasteiger charge is 2.21. The first-order valence-electron chi connectivity index (χ1n) is 9.10. The van der Waals surface area contributed by atoms with Gasteiger partial charge in [-0.25, -0.2) is 9.97 Å². The highest BCUT2D eigenvalue weighted by atomic mass is 32.1. The molecule has 0 bridgehead atoms. The van der Waals surface area contributed by atoms with Crippen molar-refractivity contribution < 1.29 is 14.3 Å². The van der Waals surface area contributed by atoms with Gasteiger partial charge in [-0.1, -0.05) is 6.92 Å². The van der Waals surface area contributed by atoms with Crippen LogP contribution in [-0.4, -0.2) is 23.0 Å². The zero-order chi connectivity index (χ0) is 19.5. The molecule has 1 aliphatic carbocycles. The van der Waals surface area contributed by atoms with Crippen LogP contribution in [0.5, 0.6) is 11.5 Å². The van der Waals surface area contributed by atoms with E-state index in [-0.39, 0.29) is 5.91 Å². The van der Waals surface area contributed by atoms with Crippen LogP contribution in [0.4, 0.5) is 5.13 Å². The van der Waals surface area contributed by atoms with Gasteiger partial charge in [-0.2, -0.15) is 0 Å². The molecule has 0 saturated carbocycles. The Labute approximate surface area is 171 Å². The van der Waals surface area contributed by atoms with Crippen molar-refractivity contribution in [3.63, 3.8) is 0 Å². The fraction of sp³-hybridized carbons (Fsp3) is 0.350. The molecule has 0 fully saturated rings. The second-order valence-corrected chi connectivity index (χ2v) is 8.63. The number of hydrogen-bond acceptors (Lipinski definition) is 7. The molecule has 1 atom stereocenters. The topological polar surface area (TPSA) is 73.3 Å². The third-order valence-corrected chi connectivity index (χ3v) is 6.36. The summed E-state index contributed by atoms with van der Waals surface area (Å²) in [6.45, 7) is 2.61. The molecule has 2 aromatic heterocycles. The predicted molar refractivity (Wildman–Crippen MR) is 111 cm³/mol. The SMILES string of the molecule is COc1cc(C(=O)Nc2nc3c(s2)CC(C)CC3)ccc1OCc1cscn1. The molecule has 0 radical (unpaired) electrons. The van der Waals surface area contributed by atoms with Gasteiger partial charge in [0.25, 0.3) is 5.91 Å². The number of carbonyl (C=O) groups is 1. The number of hydrogen-bond donors (Lipinski definition) is 1. The Morgan fingerprint density at radius 1 is 1.36 bits per heavy atom. The summed E-state index contributed by atoms with van der Waals surface area (Å²) in [5, 5.41) is 5.51. The number of carbonyl (C=O) groups excluding carboxylic acids is 1. The molecule has 0 spiro atoms. The number of anilines is 1. The number of methoxy groups -OCH3 is 1. The Morgan fingerprint density at radius 2 is 2.25 bits per heavy atom. The smallest absolute Gasteiger partial charge is 0.257 e. The van der Waals surface area contributed by atoms with Gasteiger partial charge in [0.2, 0.25) is 0 Å². The van der Waals surface area contributed by atoms with Crippen molar-refractivity contribution >= 4 is 33.7 Å². The zero-order valence-corrected chi connectivity index (χ0v) is 17.4. The summed E-state index contributed by atoms with van der Waals surface area (Å²) in [6, 6.07) is 5.15. The van der Waals surface area contributed by atoms with Crippen LogP contribution in [0.15, 0.2) is 29.1 Å². The largest absolute Gasteiger partial charge is 0.493 e. The van der Waals surface area contributed by atoms with Crippen molar-refractivity contribution in [2.45, 2.75) is 32.8 Å². The predicted octanol–water partition coefficient (Wildman–Crippen LogP) is 4.56. The summed E-state index contributed by atoms with van der Waals surface area (Å²) in [6.07, 6.45) is 3.19. The van der Waals surface area contributed by atoms with Gasteiger partial charge in [0, 0.05) is 15.8 Å². The summed E-state index contributed by atoms with van der Waals surface area (Å²) in [5.74, 6) is 1.56. The first-order valence-corrected chi connectivity index (χ1v) is 10.9. The zero-order valence-electron chi connectivity index (χ0n) is 15.7. The van der Waals surface area contributed by atoms with Crippen LogP contribution in [0.2, 0.25) is 0 Å². The highest BCUT2D eigenvalue weighted by Crippen LogP contribution is 2.33. The number of fused-ring (bicyclic) bond motifs is 1. The van der Waals surface area contributed by atoms with Gasteiger partial charge in [0.05, 0.1) is 24.0 Å². The van der Waals surface area contributed by atoms with E-state index < -0.39 is 0 Å². The van der Waals surface area contributed by atoms with E-state index in [1.165, 1.54) is 16.2 Å². The van der Waals surface area contributed by atoms with Crippen LogP contribution in [0.1, 0.15) is 40.0 Å². The van der Waals surface area contributed by atoms with Gasteiger partial charge >= 0.3 is 0 Å². The molecule has 1 amide bonds. The molecule has 1 aromatic carbocycles. The molecule has 0 saturated heterocycles. The van der Waals surface area contributed by atoms with Crippen molar-refractivity contribution in [3.05, 3.63) is 50.9 Å². The van der Waals surface area contributed by atoms with Gasteiger partial charge in [-0.3, -0.25) is 10.1 Å². The molecule has 1 N–H and O–H groups in total. The average molecular weight is 416 g/mol. The van der Waals surface area contributed by atoms with Gasteiger partial charge in [0.1, 0.15) is 6.61 Å². The fourth-order valence-corrected chi connectivity index (χ4v) is 4.86. The number of nitrogens with zero attached hydrogens (tertiary/aromatic N) is 2. The van der Waals surface area contributed by atoms with Crippen molar-refractivity contribution in [1.29, 1.82) is 0 Å². The van der Waals surface area contributed by atoms with Gasteiger partial charge in [-0.15, -0.1) is 22.7 Å². The van der Waals surface area contributed by atoms with Crippen molar-refractivity contribution in [2.75, 3.05) is 12.4 Å². The lowest BCUT2D eigenvalue weighted by molar-refractivity contribution is 0.102. The maximum Gasteiger partial charge on any atom is 0.257 e. The minimum absolute atomic E-state index is 0.205. The minimum Gasteiger partial charge on any atom is -0.493 e. The Morgan fingerprint density at radius 3 is 3.04 bits per heavy atom. The van der Waals surface area contributed by atoms with E-state index in [1.807, 2.05) is 5.38 Å². The average Bonchev–Trinajstić information content (AvgIpc) is 3.35. The van der Waals surface area contributed by atoms with Crippen LogP contribution < -0.4 is 14.8 Å². The summed E-state index contributed by atoms with van der Waals surface area (Å²) in [5.41, 5.74) is 4.25. The number of aromatic nitrogens is 2. The maximum absolute atomic E-state index is 12.7. The molecular formula is C20H21N3O3S2. The van der Waals surface area contributed by atoms with E-state index in [9.17, 15) is 4.79 Å². The van der Waals surface area contributed by atoms with E-state index in [0.29, 0.717) is 34.7 Å². The van der Waals surface area contributed by atoms with Crippen molar-refractivity contribution in [3.8, 4) is 11.5 Å². The van der Waals surface area contributed by atoms with E-state index in [2.05, 4.69) is 22.2 Å². The molecule has 28 heavy (non-hydrogen) atoms. The summed E-state index contributed by atoms with van der Waals surface area (Å²) < 4.78 is 11.2. The molecular weight excluding hydrogens is 394 g/mol. The number of amides is 1. The molecule has 1 aliphatic rings. The normalized spacial score (nSPS) is 15.7. The second-order valence-electron chi connectivity index (χ2n) is 6.83. The van der Waals surface area contributed by atoms with Crippen LogP contribution in [0.25, 0.3) is 0 Å². The third kappa shape index (κ3) is 4.18. The number of ether oxygens (including phenoxy) is 2. The summed E-state index contributed by atoms with van der Waals surface area (Å²) in [4.78, 5) is 22.7. The van der Waals surface area contributed by atoms with Gasteiger partial charge < -0.3 is 9.47 Å². The summed E-state index contributed by atoms with van der Waals surface area (Å²) >= 11 is 3.10. The number of thiazole rings is 2. The highest BCUT2D eigenvalue weighted by molar-refractivity contribution is 7.15. The molecule has 2 heterocycles. The molecule has 0 aliphatic heterocycles. The Kier molecular flexibility index (Phi) is 5.59. The number of nitrogens with one attached hydrogen (secondary N) is 1. The minimum atomic E-state index is -0.205. The number of benzene rings is 1. The number of rotatable bonds is 6. The van der Waals surface area contributed by atoms with Gasteiger partial charge in [-0.05, 0) is 43.4 Å². The Bertz CT molecular complexity index is 969. The van der Waals surface area contributed by atoms with Crippen molar-refractivity contribution in [1.82, 2.24) is 9.97 Å². The van der Waals surface area contributed by atoms with E-state index in [4.69, 9.17) is 9.47 Å². The lowest BCUT2D eigenvalue weighted by Gasteiger charge is -2.15. The lowest BCUT2D eigenvalue weighted by Crippen LogP contribution is -2.12. The number of aryl methyl sites for hydroxylation is 1. The fourth-order valence-electron chi connectivity index (χ4n) is 3.15. The van der Waals surface area contributed by atoms with Crippen molar-refractivity contribution in [2.24, 2.45) is 5.92 Å². The second kappa shape index (κ2) is 8.28. The molecule has 146 valence electrons. The quantitative estimate of drug-likeness (QED) is 0.639. The molecule has 8 heteroatoms. The standard InChI is InChI=1S/C20H21N3O3S2/c1-12-3-5-15-18(7-12)28-20(22-15)23-19(24)13-4-6-16(17(8-13)25-2)26-9-14-10-27-11-21-14/h4,6,8,10-12H,3,5,7,9H2,1-2H3,(H,22,23,24). The van der Waals surface area contributed by atoms with E-state index in [0.717, 1.165) is 30.7 Å². The van der Waals surface area contributed by atoms with E-state index >= 15 is 0 Å². The van der Waals surface area contributed by atoms with E-state index in [1.54, 1.807) is 42.2 Å². The first-order chi connectivity index (χ1) is 13.6. The van der Waals surface area contributed by atoms with Gasteiger partial charge in [0.15, 0.2) is 16.6 Å². The molecule has 4 rings (SSSR count). The van der Waals surface area contributed by atoms with Crippen LogP contribution >= 0.6 is 22.7 Å². The summed E-state index contributed by atoms with van der Waals surface area (Å²) in [7, 11) is 1.56. The van der Waals surface area contributed by atoms with Crippen LogP contribution in [0, 0.1) is 5.92 Å². The lowest BCUT2D eigenvalue weighted by atomic mass is 9.93. The molecule has 6 nitrogen and oxygen atoms in total. The Hall–Kier alpha value is -2.45. The monoisotopic (exact) mass is 415 g/mol. The molecule has 3 aromatic rings. The third-order valence-electron chi connectivity index (χ3n) is 4.69.